The highest BCUT2D eigenvalue weighted by Crippen LogP contribution is 2.55. The summed E-state index contributed by atoms with van der Waals surface area (Å²) >= 11 is 1.88. The zero-order valence-corrected chi connectivity index (χ0v) is 16.3. The van der Waals surface area contributed by atoms with Gasteiger partial charge >= 0.3 is 0 Å². The second kappa shape index (κ2) is 7.10. The van der Waals surface area contributed by atoms with Crippen molar-refractivity contribution in [3.05, 3.63) is 23.2 Å². The Hall–Kier alpha value is -1.36. The highest BCUT2D eigenvalue weighted by molar-refractivity contribution is 8.00. The van der Waals surface area contributed by atoms with E-state index in [0.717, 1.165) is 18.8 Å². The Labute approximate surface area is 155 Å². The summed E-state index contributed by atoms with van der Waals surface area (Å²) in [7, 11) is 0. The van der Waals surface area contributed by atoms with E-state index >= 15 is 0 Å². The average Bonchev–Trinajstić information content (AvgIpc) is 3.21. The molecule has 0 saturated carbocycles. The van der Waals surface area contributed by atoms with Crippen LogP contribution in [-0.2, 0) is 0 Å². The normalized spacial score (nSPS) is 24.2. The van der Waals surface area contributed by atoms with Gasteiger partial charge in [-0.1, -0.05) is 44.5 Å². The van der Waals surface area contributed by atoms with Gasteiger partial charge in [0.25, 0.3) is 0 Å². The first-order chi connectivity index (χ1) is 12.2. The van der Waals surface area contributed by atoms with Crippen molar-refractivity contribution in [3.8, 4) is 0 Å². The molecule has 1 aromatic heterocycles. The summed E-state index contributed by atoms with van der Waals surface area (Å²) in [4.78, 5) is 15.7. The van der Waals surface area contributed by atoms with Gasteiger partial charge in [0.05, 0.1) is 16.5 Å². The number of aromatic nitrogens is 2. The number of nitrogens with zero attached hydrogens (tertiary/aromatic N) is 3. The Balaban J connectivity index is 1.67. The van der Waals surface area contributed by atoms with E-state index in [0.29, 0.717) is 11.8 Å². The Morgan fingerprint density at radius 2 is 2.16 bits per heavy atom. The van der Waals surface area contributed by atoms with Gasteiger partial charge in [0.1, 0.15) is 17.5 Å². The topological polar surface area (TPSA) is 50.2 Å². The molecule has 0 saturated heterocycles. The number of thioether (sulfide) groups is 1. The second-order valence-electron chi connectivity index (χ2n) is 7.73. The van der Waals surface area contributed by atoms with Gasteiger partial charge in [-0.15, -0.1) is 0 Å². The fraction of sp³-hybridized carbons (Fsp3) is 0.650. The molecule has 2 aliphatic heterocycles. The van der Waals surface area contributed by atoms with Crippen LogP contribution in [-0.4, -0.2) is 27.6 Å². The lowest BCUT2D eigenvalue weighted by atomic mass is 9.87. The third-order valence-electron chi connectivity index (χ3n) is 5.36. The molecule has 1 N–H and O–H groups in total. The number of nitrogens with one attached hydrogen (secondary N) is 1. The lowest BCUT2D eigenvalue weighted by molar-refractivity contribution is 0.679. The molecule has 4 rings (SSSR count). The number of dihydropyridines is 1. The van der Waals surface area contributed by atoms with Crippen LogP contribution in [0, 0.1) is 5.92 Å². The molecule has 0 spiro atoms. The van der Waals surface area contributed by atoms with Crippen LogP contribution in [0.3, 0.4) is 0 Å². The molecule has 0 amide bonds. The van der Waals surface area contributed by atoms with E-state index < -0.39 is 0 Å². The van der Waals surface area contributed by atoms with Gasteiger partial charge < -0.3 is 5.32 Å². The van der Waals surface area contributed by atoms with E-state index in [1.807, 2.05) is 11.8 Å². The molecule has 0 aromatic carbocycles. The van der Waals surface area contributed by atoms with Crippen LogP contribution in [0.15, 0.2) is 27.4 Å². The molecule has 4 nitrogen and oxygen atoms in total. The third-order valence-corrected chi connectivity index (χ3v) is 6.62. The Bertz CT molecular complexity index is 722. The van der Waals surface area contributed by atoms with Gasteiger partial charge in [-0.3, -0.25) is 4.99 Å². The number of aliphatic imine (C=N–C) groups is 1. The molecule has 0 bridgehead atoms. The van der Waals surface area contributed by atoms with Crippen molar-refractivity contribution in [2.75, 3.05) is 11.9 Å². The molecule has 0 fully saturated rings. The highest BCUT2D eigenvalue weighted by Gasteiger charge is 2.43. The zero-order chi connectivity index (χ0) is 17.4. The van der Waals surface area contributed by atoms with Gasteiger partial charge in [-0.2, -0.15) is 0 Å². The summed E-state index contributed by atoms with van der Waals surface area (Å²) in [6.07, 6.45) is 9.06. The molecule has 1 aliphatic carbocycles. The summed E-state index contributed by atoms with van der Waals surface area (Å²) in [5.74, 6) is 1.98. The van der Waals surface area contributed by atoms with E-state index in [9.17, 15) is 0 Å². The lowest BCUT2D eigenvalue weighted by Crippen LogP contribution is -2.21. The maximum Gasteiger partial charge on any atom is 0.143 e. The van der Waals surface area contributed by atoms with Crippen LogP contribution in [0.2, 0.25) is 0 Å². The van der Waals surface area contributed by atoms with Gasteiger partial charge in [-0.05, 0) is 43.6 Å². The number of rotatable bonds is 6. The maximum absolute atomic E-state index is 5.20. The van der Waals surface area contributed by atoms with Crippen molar-refractivity contribution in [1.82, 2.24) is 9.97 Å². The molecule has 1 aromatic rings. The Kier molecular flexibility index (Phi) is 4.85. The molecule has 134 valence electrons. The predicted molar refractivity (Wildman–Crippen MR) is 106 cm³/mol. The van der Waals surface area contributed by atoms with Crippen molar-refractivity contribution in [1.29, 1.82) is 0 Å². The largest absolute Gasteiger partial charge is 0.369 e. The first-order valence-corrected chi connectivity index (χ1v) is 10.6. The van der Waals surface area contributed by atoms with Crippen LogP contribution in [0.5, 0.6) is 0 Å². The summed E-state index contributed by atoms with van der Waals surface area (Å²) in [6.45, 7) is 7.65. The van der Waals surface area contributed by atoms with Crippen molar-refractivity contribution in [2.45, 2.75) is 75.5 Å². The quantitative estimate of drug-likeness (QED) is 0.762. The third kappa shape index (κ3) is 3.12. The van der Waals surface area contributed by atoms with Crippen LogP contribution < -0.4 is 5.32 Å². The minimum absolute atomic E-state index is 0.273. The Morgan fingerprint density at radius 1 is 1.28 bits per heavy atom. The fourth-order valence-electron chi connectivity index (χ4n) is 4.14. The van der Waals surface area contributed by atoms with Crippen molar-refractivity contribution >= 4 is 23.3 Å². The molecule has 2 atom stereocenters. The second-order valence-corrected chi connectivity index (χ2v) is 8.86. The highest BCUT2D eigenvalue weighted by atomic mass is 32.2. The molecular weight excluding hydrogens is 328 g/mol. The summed E-state index contributed by atoms with van der Waals surface area (Å²) in [5, 5.41) is 3.80. The van der Waals surface area contributed by atoms with Gasteiger partial charge in [0.2, 0.25) is 0 Å². The maximum atomic E-state index is 5.20. The number of allylic oxidation sites excluding steroid dienone is 1. The van der Waals surface area contributed by atoms with Gasteiger partial charge in [-0.25, -0.2) is 9.97 Å². The van der Waals surface area contributed by atoms with Crippen LogP contribution in [0.1, 0.15) is 70.9 Å². The zero-order valence-electron chi connectivity index (χ0n) is 15.5. The molecule has 3 aliphatic rings. The molecule has 0 unspecified atom stereocenters. The van der Waals surface area contributed by atoms with Crippen LogP contribution in [0.25, 0.3) is 0 Å². The van der Waals surface area contributed by atoms with E-state index in [1.54, 1.807) is 17.5 Å². The van der Waals surface area contributed by atoms with Crippen molar-refractivity contribution < 1.29 is 0 Å². The summed E-state index contributed by atoms with van der Waals surface area (Å²) < 4.78 is 0. The van der Waals surface area contributed by atoms with Gasteiger partial charge in [0.15, 0.2) is 0 Å². The minimum Gasteiger partial charge on any atom is -0.369 e. The van der Waals surface area contributed by atoms with Crippen LogP contribution >= 0.6 is 11.8 Å². The number of unbranched alkanes of at least 4 members (excludes halogenated alkanes) is 1. The van der Waals surface area contributed by atoms with Gasteiger partial charge in [0, 0.05) is 12.3 Å². The number of hydrogen-bond donors (Lipinski definition) is 1. The van der Waals surface area contributed by atoms with E-state index in [-0.39, 0.29) is 5.37 Å². The summed E-state index contributed by atoms with van der Waals surface area (Å²) in [5.41, 5.74) is 5.80. The molecule has 3 heterocycles. The van der Waals surface area contributed by atoms with E-state index in [2.05, 4.69) is 31.1 Å². The molecular formula is C20H28N4S. The molecule has 25 heavy (non-hydrogen) atoms. The van der Waals surface area contributed by atoms with Crippen molar-refractivity contribution in [2.24, 2.45) is 10.9 Å². The van der Waals surface area contributed by atoms with Crippen molar-refractivity contribution in [3.63, 3.8) is 0 Å². The first-order valence-electron chi connectivity index (χ1n) is 9.73. The summed E-state index contributed by atoms with van der Waals surface area (Å²) in [6, 6.07) is 0. The van der Waals surface area contributed by atoms with Crippen LogP contribution in [0.4, 0.5) is 5.82 Å². The first kappa shape index (κ1) is 17.1. The SMILES string of the molecule is CCCCC1=N[C@@H]2Sc3c(NCC(C)C)ncnc3[C@@H]2C2=C1CCC2. The number of fused-ring (bicyclic) bond motifs is 4. The smallest absolute Gasteiger partial charge is 0.143 e. The minimum atomic E-state index is 0.273. The average molecular weight is 357 g/mol. The van der Waals surface area contributed by atoms with E-state index in [1.165, 1.54) is 48.4 Å². The fourth-order valence-corrected chi connectivity index (χ4v) is 5.53. The monoisotopic (exact) mass is 356 g/mol. The van der Waals surface area contributed by atoms with E-state index in [4.69, 9.17) is 9.98 Å². The standard InChI is InChI=1S/C20H28N4S/c1-4-5-9-15-13-7-6-8-14(13)16-17-18(25-20(16)24-15)19(23-11-22-17)21-10-12(2)3/h11-12,16,20H,4-10H2,1-3H3,(H,21,22,23)/t16-,20+/m0/s1. The predicted octanol–water partition coefficient (Wildman–Crippen LogP) is 5.19. The molecule has 5 heteroatoms. The number of anilines is 1. The number of hydrogen-bond acceptors (Lipinski definition) is 5. The molecule has 0 radical (unpaired) electrons. The Morgan fingerprint density at radius 3 is 2.96 bits per heavy atom. The lowest BCUT2D eigenvalue weighted by Gasteiger charge is -2.26.